The zero-order valence-corrected chi connectivity index (χ0v) is 16.7. The number of aliphatic carboxylic acids is 6. The smallest absolute Gasteiger partial charge is 0.300 e. The molecule has 0 atom stereocenters. The molecular weight excluding hydrogens is 388 g/mol. The first kappa shape index (κ1) is 44.3. The Morgan fingerprint density at radius 1 is 0.429 bits per heavy atom. The molecule has 0 bridgehead atoms. The summed E-state index contributed by atoms with van der Waals surface area (Å²) in [6, 6.07) is 0. The van der Waals surface area contributed by atoms with E-state index in [1.165, 1.54) is 0 Å². The van der Waals surface area contributed by atoms with Gasteiger partial charge < -0.3 is 42.1 Å². The Morgan fingerprint density at radius 2 is 0.464 bits per heavy atom. The summed E-state index contributed by atoms with van der Waals surface area (Å²) in [5.41, 5.74) is 9.81. The third-order valence-electron chi connectivity index (χ3n) is 0.167. The van der Waals surface area contributed by atoms with Crippen molar-refractivity contribution in [3.8, 4) is 0 Å². The predicted molar refractivity (Wildman–Crippen MR) is 98.0 cm³/mol. The molecule has 0 aliphatic rings. The van der Waals surface area contributed by atoms with Crippen LogP contribution in [0.5, 0.6) is 0 Å². The van der Waals surface area contributed by atoms with Crippen molar-refractivity contribution in [3.05, 3.63) is 0 Å². The molecule has 0 aliphatic carbocycles. The minimum atomic E-state index is -0.833. The Kier molecular flexibility index (Phi) is 69.3. The summed E-state index contributed by atoms with van der Waals surface area (Å²) in [4.78, 5) is 54.0. The van der Waals surface area contributed by atoms with Crippen LogP contribution in [0.3, 0.4) is 0 Å². The molecule has 0 aromatic heterocycles. The molecule has 0 aliphatic heterocycles. The molecule has 0 heterocycles. The highest BCUT2D eigenvalue weighted by atomic mass is 16.4. The van der Waals surface area contributed by atoms with Gasteiger partial charge in [-0.3, -0.25) is 28.8 Å². The van der Waals surface area contributed by atoms with Crippen molar-refractivity contribution in [1.82, 2.24) is 0 Å². The lowest BCUT2D eigenvalue weighted by Crippen LogP contribution is -2.11. The van der Waals surface area contributed by atoms with E-state index in [0.29, 0.717) is 13.1 Å². The van der Waals surface area contributed by atoms with Gasteiger partial charge in [0.25, 0.3) is 35.8 Å². The fourth-order valence-electron chi connectivity index (χ4n) is 0. The lowest BCUT2D eigenvalue weighted by Gasteiger charge is -1.72. The van der Waals surface area contributed by atoms with Gasteiger partial charge >= 0.3 is 0 Å². The number of nitrogens with two attached hydrogens (primary N) is 2. The van der Waals surface area contributed by atoms with Crippen LogP contribution in [0.15, 0.2) is 0 Å². The summed E-state index contributed by atoms with van der Waals surface area (Å²) >= 11 is 0. The molecule has 14 heteroatoms. The maximum Gasteiger partial charge on any atom is 0.300 e. The standard InChI is InChI=1S/C2H8N2.6C2H4O2/c3-1-2-4;6*1-2(3)4/h1-4H2;6*1H3,(H,3,4). The first-order chi connectivity index (χ1) is 12.3. The highest BCUT2D eigenvalue weighted by molar-refractivity contribution is 5.64. The van der Waals surface area contributed by atoms with E-state index in [2.05, 4.69) is 0 Å². The summed E-state index contributed by atoms with van der Waals surface area (Å²) in [7, 11) is 0. The van der Waals surface area contributed by atoms with Gasteiger partial charge in [0, 0.05) is 54.6 Å². The second-order valence-corrected chi connectivity index (χ2v) is 3.69. The molecule has 0 aromatic rings. The van der Waals surface area contributed by atoms with Crippen LogP contribution in [0.4, 0.5) is 0 Å². The number of hydrogen-bond donors (Lipinski definition) is 8. The Hall–Kier alpha value is -3.26. The van der Waals surface area contributed by atoms with Gasteiger partial charge in [0.05, 0.1) is 0 Å². The Morgan fingerprint density at radius 3 is 0.464 bits per heavy atom. The Bertz CT molecular complexity index is 292. The normalized spacial score (nSPS) is 6.43. The molecule has 0 amide bonds. The third-order valence-corrected chi connectivity index (χ3v) is 0.167. The molecule has 0 spiro atoms. The molecular formula is C14H32N2O12. The van der Waals surface area contributed by atoms with Gasteiger partial charge in [-0.25, -0.2) is 0 Å². The van der Waals surface area contributed by atoms with Crippen molar-refractivity contribution in [1.29, 1.82) is 0 Å². The second kappa shape index (κ2) is 43.8. The van der Waals surface area contributed by atoms with Crippen molar-refractivity contribution in [2.24, 2.45) is 11.5 Å². The van der Waals surface area contributed by atoms with E-state index in [9.17, 15) is 0 Å². The van der Waals surface area contributed by atoms with Crippen molar-refractivity contribution in [2.75, 3.05) is 13.1 Å². The summed E-state index contributed by atoms with van der Waals surface area (Å²) in [5, 5.41) is 44.5. The third kappa shape index (κ3) is 2100. The summed E-state index contributed by atoms with van der Waals surface area (Å²) in [6.45, 7) is 7.69. The van der Waals surface area contributed by atoms with Crippen LogP contribution in [0.25, 0.3) is 0 Å². The summed E-state index contributed by atoms with van der Waals surface area (Å²) in [5.74, 6) is -5.00. The van der Waals surface area contributed by atoms with Crippen molar-refractivity contribution < 1.29 is 59.4 Å². The minimum absolute atomic E-state index is 0.597. The van der Waals surface area contributed by atoms with Crippen LogP contribution in [-0.4, -0.2) is 79.5 Å². The van der Waals surface area contributed by atoms with Crippen LogP contribution in [0, 0.1) is 0 Å². The highest BCUT2D eigenvalue weighted by Gasteiger charge is 1.67. The maximum absolute atomic E-state index is 9.00. The number of rotatable bonds is 1. The SMILES string of the molecule is CC(=O)O.CC(=O)O.CC(=O)O.CC(=O)O.CC(=O)O.CC(=O)O.NCCN. The topological polar surface area (TPSA) is 276 Å². The van der Waals surface area contributed by atoms with Gasteiger partial charge in [-0.05, 0) is 0 Å². The van der Waals surface area contributed by atoms with Crippen LogP contribution in [-0.2, 0) is 28.8 Å². The largest absolute Gasteiger partial charge is 0.481 e. The molecule has 0 saturated carbocycles. The van der Waals surface area contributed by atoms with Gasteiger partial charge in [0.1, 0.15) is 0 Å². The zero-order chi connectivity index (χ0) is 24.9. The van der Waals surface area contributed by atoms with E-state index >= 15 is 0 Å². The molecule has 0 rings (SSSR count). The predicted octanol–water partition coefficient (Wildman–Crippen LogP) is -0.551. The van der Waals surface area contributed by atoms with Crippen LogP contribution in [0.1, 0.15) is 41.5 Å². The van der Waals surface area contributed by atoms with Gasteiger partial charge in [-0.2, -0.15) is 0 Å². The molecule has 28 heavy (non-hydrogen) atoms. The fraction of sp³-hybridized carbons (Fsp3) is 0.571. The molecule has 0 unspecified atom stereocenters. The molecule has 0 fully saturated rings. The van der Waals surface area contributed by atoms with Crippen LogP contribution >= 0.6 is 0 Å². The van der Waals surface area contributed by atoms with Gasteiger partial charge in [-0.15, -0.1) is 0 Å². The Balaban J connectivity index is -0.0000000367. The quantitative estimate of drug-likeness (QED) is 0.264. The van der Waals surface area contributed by atoms with E-state index in [1.54, 1.807) is 0 Å². The van der Waals surface area contributed by atoms with Crippen molar-refractivity contribution in [2.45, 2.75) is 41.5 Å². The lowest BCUT2D eigenvalue weighted by molar-refractivity contribution is -0.135. The molecule has 0 radical (unpaired) electrons. The second-order valence-electron chi connectivity index (χ2n) is 3.69. The van der Waals surface area contributed by atoms with E-state index in [0.717, 1.165) is 41.5 Å². The first-order valence-electron chi connectivity index (χ1n) is 6.88. The van der Waals surface area contributed by atoms with Crippen molar-refractivity contribution >= 4 is 35.8 Å². The van der Waals surface area contributed by atoms with E-state index < -0.39 is 35.8 Å². The number of carbonyl (C=O) groups is 6. The van der Waals surface area contributed by atoms with Crippen molar-refractivity contribution in [3.63, 3.8) is 0 Å². The summed E-state index contributed by atoms with van der Waals surface area (Å²) in [6.07, 6.45) is 0. The zero-order valence-electron chi connectivity index (χ0n) is 16.7. The Labute approximate surface area is 162 Å². The van der Waals surface area contributed by atoms with E-state index in [4.69, 9.17) is 70.9 Å². The van der Waals surface area contributed by atoms with Crippen LogP contribution < -0.4 is 11.5 Å². The van der Waals surface area contributed by atoms with Gasteiger partial charge in [0.15, 0.2) is 0 Å². The molecule has 10 N–H and O–H groups in total. The average molecular weight is 420 g/mol. The molecule has 0 aromatic carbocycles. The molecule has 14 nitrogen and oxygen atoms in total. The average Bonchev–Trinajstić information content (AvgIpc) is 2.34. The fourth-order valence-corrected chi connectivity index (χ4v) is 0. The molecule has 170 valence electrons. The van der Waals surface area contributed by atoms with Crippen LogP contribution in [0.2, 0.25) is 0 Å². The van der Waals surface area contributed by atoms with E-state index in [1.807, 2.05) is 0 Å². The number of carboxylic acid groups (broad SMARTS) is 6. The maximum atomic E-state index is 9.00. The summed E-state index contributed by atoms with van der Waals surface area (Å²) < 4.78 is 0. The number of carboxylic acids is 6. The minimum Gasteiger partial charge on any atom is -0.481 e. The lowest BCUT2D eigenvalue weighted by atomic mass is 10.7. The highest BCUT2D eigenvalue weighted by Crippen LogP contribution is 1.43. The van der Waals surface area contributed by atoms with Gasteiger partial charge in [-0.1, -0.05) is 0 Å². The van der Waals surface area contributed by atoms with Gasteiger partial charge in [0.2, 0.25) is 0 Å². The number of hydrogen-bond acceptors (Lipinski definition) is 8. The molecule has 0 saturated heterocycles. The monoisotopic (exact) mass is 420 g/mol. The first-order valence-corrected chi connectivity index (χ1v) is 6.88. The van der Waals surface area contributed by atoms with E-state index in [-0.39, 0.29) is 0 Å².